The smallest absolute Gasteiger partial charge is 0.251 e. The molecule has 0 saturated heterocycles. The second-order valence-corrected chi connectivity index (χ2v) is 6.73. The lowest BCUT2D eigenvalue weighted by atomic mass is 10.2. The van der Waals surface area contributed by atoms with E-state index in [1.807, 2.05) is 6.07 Å². The highest BCUT2D eigenvalue weighted by Gasteiger charge is 2.18. The maximum Gasteiger partial charge on any atom is 0.251 e. The maximum absolute atomic E-state index is 12.2. The minimum absolute atomic E-state index is 0.0423. The summed E-state index contributed by atoms with van der Waals surface area (Å²) in [6, 6.07) is 11.9. The van der Waals surface area contributed by atoms with Crippen molar-refractivity contribution in [3.05, 3.63) is 60.4 Å². The number of hydrogen-bond donors (Lipinski definition) is 1. The number of nitrogens with one attached hydrogen (secondary N) is 1. The Labute approximate surface area is 129 Å². The molecule has 0 bridgehead atoms. The monoisotopic (exact) mass is 319 g/mol. The van der Waals surface area contributed by atoms with Gasteiger partial charge >= 0.3 is 0 Å². The third-order valence-electron chi connectivity index (χ3n) is 3.13. The van der Waals surface area contributed by atoms with Gasteiger partial charge in [0.1, 0.15) is 0 Å². The van der Waals surface area contributed by atoms with E-state index in [9.17, 15) is 13.2 Å². The zero-order valence-electron chi connectivity index (χ0n) is 12.1. The predicted octanol–water partition coefficient (Wildman–Crippen LogP) is 1.28. The summed E-state index contributed by atoms with van der Waals surface area (Å²) in [7, 11) is -1.99. The molecule has 1 amide bonds. The molecular weight excluding hydrogens is 302 g/mol. The second kappa shape index (κ2) is 7.04. The fraction of sp³-hybridized carbons (Fsp3) is 0.200. The number of carbonyl (C=O) groups excluding carboxylic acids is 1. The van der Waals surface area contributed by atoms with Crippen molar-refractivity contribution in [1.29, 1.82) is 0 Å². The molecule has 1 aromatic heterocycles. The summed E-state index contributed by atoms with van der Waals surface area (Å²) in [5.41, 5.74) is 1.03. The largest absolute Gasteiger partial charge is 0.351 e. The summed E-state index contributed by atoms with van der Waals surface area (Å²) in [6.45, 7) is 0.0423. The maximum atomic E-state index is 12.2. The van der Waals surface area contributed by atoms with Crippen molar-refractivity contribution in [2.45, 2.75) is 0 Å². The highest BCUT2D eigenvalue weighted by atomic mass is 32.2. The summed E-state index contributed by atoms with van der Waals surface area (Å²) in [5.74, 6) is -0.491. The standard InChI is InChI=1S/C15H17N3O3S/c1-18(14-5-3-2-4-6-14)22(20,21)12-11-17-15(19)13-7-9-16-10-8-13/h2-10H,11-12H2,1H3,(H,17,19). The highest BCUT2D eigenvalue weighted by Crippen LogP contribution is 2.14. The summed E-state index contributed by atoms with van der Waals surface area (Å²) in [4.78, 5) is 15.6. The van der Waals surface area contributed by atoms with Crippen LogP contribution in [0.25, 0.3) is 0 Å². The molecule has 116 valence electrons. The number of sulfonamides is 1. The summed E-state index contributed by atoms with van der Waals surface area (Å²) < 4.78 is 25.6. The summed E-state index contributed by atoms with van der Waals surface area (Å²) >= 11 is 0. The van der Waals surface area contributed by atoms with Crippen molar-refractivity contribution < 1.29 is 13.2 Å². The molecule has 0 unspecified atom stereocenters. The van der Waals surface area contributed by atoms with Gasteiger partial charge in [0, 0.05) is 31.5 Å². The van der Waals surface area contributed by atoms with Gasteiger partial charge in [-0.15, -0.1) is 0 Å². The second-order valence-electron chi connectivity index (χ2n) is 4.61. The zero-order chi connectivity index (χ0) is 16.0. The number of hydrogen-bond acceptors (Lipinski definition) is 4. The molecule has 1 N–H and O–H groups in total. The lowest BCUT2D eigenvalue weighted by Gasteiger charge is -2.19. The number of aromatic nitrogens is 1. The fourth-order valence-corrected chi connectivity index (χ4v) is 2.91. The Balaban J connectivity index is 1.92. The molecule has 0 aliphatic rings. The molecule has 1 heterocycles. The van der Waals surface area contributed by atoms with Crippen LogP contribution in [0.1, 0.15) is 10.4 Å². The Morgan fingerprint density at radius 2 is 1.77 bits per heavy atom. The van der Waals surface area contributed by atoms with Crippen LogP contribution in [0.15, 0.2) is 54.9 Å². The van der Waals surface area contributed by atoms with Gasteiger partial charge in [-0.1, -0.05) is 18.2 Å². The first kappa shape index (κ1) is 16.0. The molecule has 0 aliphatic carbocycles. The molecule has 2 aromatic rings. The van der Waals surface area contributed by atoms with Gasteiger partial charge in [-0.3, -0.25) is 14.1 Å². The van der Waals surface area contributed by atoms with Crippen LogP contribution in [0.2, 0.25) is 0 Å². The molecule has 7 heteroatoms. The molecular formula is C15H17N3O3S. The van der Waals surface area contributed by atoms with E-state index >= 15 is 0 Å². The number of anilines is 1. The van der Waals surface area contributed by atoms with Crippen LogP contribution in [0, 0.1) is 0 Å². The summed E-state index contributed by atoms with van der Waals surface area (Å²) in [6.07, 6.45) is 3.02. The first-order chi connectivity index (χ1) is 10.5. The molecule has 0 atom stereocenters. The number of para-hydroxylation sites is 1. The number of nitrogens with zero attached hydrogens (tertiary/aromatic N) is 2. The molecule has 22 heavy (non-hydrogen) atoms. The van der Waals surface area contributed by atoms with Crippen LogP contribution >= 0.6 is 0 Å². The third-order valence-corrected chi connectivity index (χ3v) is 4.89. The van der Waals surface area contributed by atoms with Crippen molar-refractivity contribution >= 4 is 21.6 Å². The van der Waals surface area contributed by atoms with Gasteiger partial charge in [0.15, 0.2) is 0 Å². The Bertz CT molecular complexity index is 718. The van der Waals surface area contributed by atoms with Gasteiger partial charge in [-0.25, -0.2) is 8.42 Å². The van der Waals surface area contributed by atoms with Crippen molar-refractivity contribution in [3.63, 3.8) is 0 Å². The highest BCUT2D eigenvalue weighted by molar-refractivity contribution is 7.92. The Morgan fingerprint density at radius 3 is 2.41 bits per heavy atom. The average molecular weight is 319 g/mol. The molecule has 0 fully saturated rings. The Hall–Kier alpha value is -2.41. The molecule has 0 spiro atoms. The number of rotatable bonds is 6. The van der Waals surface area contributed by atoms with Crippen LogP contribution in [0.3, 0.4) is 0 Å². The van der Waals surface area contributed by atoms with Gasteiger partial charge in [0.2, 0.25) is 10.0 Å². The van der Waals surface area contributed by atoms with E-state index in [2.05, 4.69) is 10.3 Å². The van der Waals surface area contributed by atoms with Gasteiger partial charge in [-0.2, -0.15) is 0 Å². The predicted molar refractivity (Wildman–Crippen MR) is 85.2 cm³/mol. The molecule has 0 aliphatic heterocycles. The van der Waals surface area contributed by atoms with E-state index < -0.39 is 10.0 Å². The number of amides is 1. The molecule has 6 nitrogen and oxygen atoms in total. The SMILES string of the molecule is CN(c1ccccc1)S(=O)(=O)CCNC(=O)c1ccncc1. The average Bonchev–Trinajstić information content (AvgIpc) is 2.55. The number of carbonyl (C=O) groups is 1. The van der Waals surface area contributed by atoms with E-state index in [0.29, 0.717) is 11.3 Å². The number of benzene rings is 1. The third kappa shape index (κ3) is 4.05. The number of pyridine rings is 1. The first-order valence-corrected chi connectivity index (χ1v) is 8.31. The minimum atomic E-state index is -3.48. The van der Waals surface area contributed by atoms with Crippen molar-refractivity contribution in [2.24, 2.45) is 0 Å². The molecule has 1 aromatic carbocycles. The van der Waals surface area contributed by atoms with Crippen molar-refractivity contribution in [1.82, 2.24) is 10.3 Å². The molecule has 2 rings (SSSR count). The zero-order valence-corrected chi connectivity index (χ0v) is 13.0. The lowest BCUT2D eigenvalue weighted by Crippen LogP contribution is -2.35. The fourth-order valence-electron chi connectivity index (χ4n) is 1.83. The Kier molecular flexibility index (Phi) is 5.11. The quantitative estimate of drug-likeness (QED) is 0.870. The molecule has 0 radical (unpaired) electrons. The van der Waals surface area contributed by atoms with Crippen LogP contribution in [-0.4, -0.2) is 38.7 Å². The minimum Gasteiger partial charge on any atom is -0.351 e. The molecule has 0 saturated carbocycles. The normalized spacial score (nSPS) is 11.0. The van der Waals surface area contributed by atoms with Crippen LogP contribution < -0.4 is 9.62 Å². The van der Waals surface area contributed by atoms with Gasteiger partial charge in [0.05, 0.1) is 11.4 Å². The van der Waals surface area contributed by atoms with Gasteiger partial charge < -0.3 is 5.32 Å². The first-order valence-electron chi connectivity index (χ1n) is 6.70. The van der Waals surface area contributed by atoms with Gasteiger partial charge in [0.25, 0.3) is 5.91 Å². The van der Waals surface area contributed by atoms with Crippen LogP contribution in [-0.2, 0) is 10.0 Å². The summed E-state index contributed by atoms with van der Waals surface area (Å²) in [5, 5.41) is 2.59. The van der Waals surface area contributed by atoms with Crippen molar-refractivity contribution in [2.75, 3.05) is 23.7 Å². The lowest BCUT2D eigenvalue weighted by molar-refractivity contribution is 0.0956. The van der Waals surface area contributed by atoms with E-state index in [1.165, 1.54) is 23.7 Å². The van der Waals surface area contributed by atoms with E-state index in [4.69, 9.17) is 0 Å². The van der Waals surface area contributed by atoms with E-state index in [-0.39, 0.29) is 18.2 Å². The topological polar surface area (TPSA) is 79.4 Å². The Morgan fingerprint density at radius 1 is 1.14 bits per heavy atom. The van der Waals surface area contributed by atoms with Crippen LogP contribution in [0.5, 0.6) is 0 Å². The van der Waals surface area contributed by atoms with Gasteiger partial charge in [-0.05, 0) is 24.3 Å². The van der Waals surface area contributed by atoms with Crippen LogP contribution in [0.4, 0.5) is 5.69 Å². The van der Waals surface area contributed by atoms with E-state index in [1.54, 1.807) is 36.4 Å². The van der Waals surface area contributed by atoms with E-state index in [0.717, 1.165) is 0 Å². The van der Waals surface area contributed by atoms with Crippen molar-refractivity contribution in [3.8, 4) is 0 Å².